The highest BCUT2D eigenvalue weighted by Crippen LogP contribution is 2.20. The summed E-state index contributed by atoms with van der Waals surface area (Å²) < 4.78 is 24.8. The molecule has 3 rings (SSSR count). The van der Waals surface area contributed by atoms with Crippen LogP contribution in [0.25, 0.3) is 0 Å². The molecule has 104 valence electrons. The zero-order valence-corrected chi connectivity index (χ0v) is 11.4. The third kappa shape index (κ3) is 2.65. The molecule has 1 saturated heterocycles. The Balaban J connectivity index is 1.59. The highest BCUT2D eigenvalue weighted by Gasteiger charge is 2.34. The van der Waals surface area contributed by atoms with Crippen molar-refractivity contribution in [3.63, 3.8) is 0 Å². The number of nitrogens with zero attached hydrogens (tertiary/aromatic N) is 2. The molecule has 1 aromatic rings. The molecule has 19 heavy (non-hydrogen) atoms. The summed E-state index contributed by atoms with van der Waals surface area (Å²) in [7, 11) is -3.00. The molecule has 0 spiro atoms. The van der Waals surface area contributed by atoms with Gasteiger partial charge in [0.25, 0.3) is 0 Å². The first-order valence-corrected chi connectivity index (χ1v) is 8.36. The molecule has 2 aliphatic rings. The van der Waals surface area contributed by atoms with Crippen molar-refractivity contribution in [1.82, 2.24) is 14.9 Å². The van der Waals surface area contributed by atoms with Gasteiger partial charge in [0.1, 0.15) is 5.82 Å². The van der Waals surface area contributed by atoms with Crippen molar-refractivity contribution in [2.75, 3.05) is 11.5 Å². The zero-order valence-electron chi connectivity index (χ0n) is 10.6. The maximum atomic E-state index is 12.1. The standard InChI is InChI=1S/C12H17N3O3S/c16-12(9-3-6-19(17,18)8-9)14-10-1-2-11-13-4-5-15(11)7-10/h4-5,9-10H,1-3,6-8H2,(H,14,16)/t9-,10-/m1/s1. The predicted octanol–water partition coefficient (Wildman–Crippen LogP) is -0.251. The van der Waals surface area contributed by atoms with Crippen LogP contribution in [0.2, 0.25) is 0 Å². The fourth-order valence-corrected chi connectivity index (χ4v) is 4.55. The van der Waals surface area contributed by atoms with Crippen LogP contribution in [0.5, 0.6) is 0 Å². The Kier molecular flexibility index (Phi) is 3.08. The number of hydrogen-bond acceptors (Lipinski definition) is 4. The third-order valence-electron chi connectivity index (χ3n) is 3.88. The predicted molar refractivity (Wildman–Crippen MR) is 69.2 cm³/mol. The van der Waals surface area contributed by atoms with E-state index < -0.39 is 9.84 Å². The monoisotopic (exact) mass is 283 g/mol. The van der Waals surface area contributed by atoms with Crippen LogP contribution in [0.4, 0.5) is 0 Å². The van der Waals surface area contributed by atoms with Gasteiger partial charge in [-0.2, -0.15) is 0 Å². The van der Waals surface area contributed by atoms with Crippen molar-refractivity contribution in [1.29, 1.82) is 0 Å². The summed E-state index contributed by atoms with van der Waals surface area (Å²) in [5.74, 6) is 0.710. The third-order valence-corrected chi connectivity index (χ3v) is 5.65. The lowest BCUT2D eigenvalue weighted by molar-refractivity contribution is -0.125. The number of sulfone groups is 1. The molecular weight excluding hydrogens is 266 g/mol. The van der Waals surface area contributed by atoms with Gasteiger partial charge in [-0.25, -0.2) is 13.4 Å². The first kappa shape index (κ1) is 12.7. The Bertz CT molecular complexity index is 593. The average molecular weight is 283 g/mol. The molecule has 0 bridgehead atoms. The van der Waals surface area contributed by atoms with Crippen molar-refractivity contribution in [3.8, 4) is 0 Å². The molecule has 1 aromatic heterocycles. The Morgan fingerprint density at radius 3 is 3.00 bits per heavy atom. The summed E-state index contributed by atoms with van der Waals surface area (Å²) >= 11 is 0. The number of rotatable bonds is 2. The van der Waals surface area contributed by atoms with E-state index in [2.05, 4.69) is 10.3 Å². The molecule has 0 aliphatic carbocycles. The van der Waals surface area contributed by atoms with Crippen LogP contribution in [-0.4, -0.2) is 41.4 Å². The van der Waals surface area contributed by atoms with Gasteiger partial charge < -0.3 is 9.88 Å². The number of carbonyl (C=O) groups excluding carboxylic acids is 1. The largest absolute Gasteiger partial charge is 0.351 e. The smallest absolute Gasteiger partial charge is 0.224 e. The molecule has 3 heterocycles. The van der Waals surface area contributed by atoms with E-state index in [0.717, 1.165) is 25.2 Å². The summed E-state index contributed by atoms with van der Waals surface area (Å²) in [6.07, 6.45) is 5.84. The van der Waals surface area contributed by atoms with E-state index in [-0.39, 0.29) is 29.4 Å². The number of fused-ring (bicyclic) bond motifs is 1. The van der Waals surface area contributed by atoms with Crippen LogP contribution in [-0.2, 0) is 27.6 Å². The highest BCUT2D eigenvalue weighted by atomic mass is 32.2. The Labute approximate surface area is 112 Å². The lowest BCUT2D eigenvalue weighted by atomic mass is 10.0. The zero-order chi connectivity index (χ0) is 13.5. The van der Waals surface area contributed by atoms with Crippen molar-refractivity contribution in [3.05, 3.63) is 18.2 Å². The van der Waals surface area contributed by atoms with E-state index in [0.29, 0.717) is 6.42 Å². The first-order chi connectivity index (χ1) is 9.03. The number of amides is 1. The lowest BCUT2D eigenvalue weighted by Gasteiger charge is -2.25. The van der Waals surface area contributed by atoms with E-state index in [4.69, 9.17) is 0 Å². The number of carbonyl (C=O) groups is 1. The number of aryl methyl sites for hydroxylation is 1. The summed E-state index contributed by atoms with van der Waals surface area (Å²) in [6, 6.07) is 0.0810. The van der Waals surface area contributed by atoms with Gasteiger partial charge in [-0.3, -0.25) is 4.79 Å². The van der Waals surface area contributed by atoms with Crippen LogP contribution in [0, 0.1) is 5.92 Å². The molecule has 0 unspecified atom stereocenters. The molecular formula is C12H17N3O3S. The lowest BCUT2D eigenvalue weighted by Crippen LogP contribution is -2.43. The van der Waals surface area contributed by atoms with Gasteiger partial charge >= 0.3 is 0 Å². The number of nitrogens with one attached hydrogen (secondary N) is 1. The topological polar surface area (TPSA) is 81.1 Å². The SMILES string of the molecule is O=C(N[C@@H]1CCc2nccn2C1)[C@@H]1CCS(=O)(=O)C1. The molecule has 0 saturated carbocycles. The number of hydrogen-bond donors (Lipinski definition) is 1. The van der Waals surface area contributed by atoms with E-state index in [1.54, 1.807) is 6.20 Å². The molecule has 2 aliphatic heterocycles. The van der Waals surface area contributed by atoms with E-state index in [9.17, 15) is 13.2 Å². The minimum absolute atomic E-state index is 0.00186. The van der Waals surface area contributed by atoms with Crippen LogP contribution < -0.4 is 5.32 Å². The minimum atomic E-state index is -3.00. The molecule has 6 nitrogen and oxygen atoms in total. The van der Waals surface area contributed by atoms with Crippen LogP contribution in [0.15, 0.2) is 12.4 Å². The second-order valence-electron chi connectivity index (χ2n) is 5.34. The Morgan fingerprint density at radius 2 is 2.26 bits per heavy atom. The number of imidazole rings is 1. The van der Waals surface area contributed by atoms with Gasteiger partial charge in [-0.1, -0.05) is 0 Å². The summed E-state index contributed by atoms with van der Waals surface area (Å²) in [6.45, 7) is 0.723. The summed E-state index contributed by atoms with van der Waals surface area (Å²) in [4.78, 5) is 16.3. The quantitative estimate of drug-likeness (QED) is 0.811. The van der Waals surface area contributed by atoms with Crippen LogP contribution >= 0.6 is 0 Å². The van der Waals surface area contributed by atoms with E-state index in [1.807, 2.05) is 10.8 Å². The van der Waals surface area contributed by atoms with Crippen LogP contribution in [0.3, 0.4) is 0 Å². The molecule has 1 fully saturated rings. The van der Waals surface area contributed by atoms with Gasteiger partial charge in [0.2, 0.25) is 5.91 Å². The van der Waals surface area contributed by atoms with Gasteiger partial charge in [0, 0.05) is 31.4 Å². The Hall–Kier alpha value is -1.37. The van der Waals surface area contributed by atoms with Gasteiger partial charge in [-0.05, 0) is 12.8 Å². The molecule has 0 radical (unpaired) electrons. The van der Waals surface area contributed by atoms with Gasteiger partial charge in [-0.15, -0.1) is 0 Å². The van der Waals surface area contributed by atoms with Crippen LogP contribution in [0.1, 0.15) is 18.7 Å². The molecule has 7 heteroatoms. The molecule has 1 amide bonds. The van der Waals surface area contributed by atoms with Gasteiger partial charge in [0.15, 0.2) is 9.84 Å². The van der Waals surface area contributed by atoms with Crippen molar-refractivity contribution in [2.45, 2.75) is 31.8 Å². The van der Waals surface area contributed by atoms with E-state index in [1.165, 1.54) is 0 Å². The first-order valence-electron chi connectivity index (χ1n) is 6.54. The molecule has 0 aromatic carbocycles. The summed E-state index contributed by atoms with van der Waals surface area (Å²) in [5, 5.41) is 2.98. The minimum Gasteiger partial charge on any atom is -0.351 e. The molecule has 1 N–H and O–H groups in total. The fourth-order valence-electron chi connectivity index (χ4n) is 2.81. The van der Waals surface area contributed by atoms with Gasteiger partial charge in [0.05, 0.1) is 17.4 Å². The van der Waals surface area contributed by atoms with Crippen molar-refractivity contribution >= 4 is 15.7 Å². The summed E-state index contributed by atoms with van der Waals surface area (Å²) in [5.41, 5.74) is 0. The Morgan fingerprint density at radius 1 is 1.42 bits per heavy atom. The van der Waals surface area contributed by atoms with Crippen molar-refractivity contribution in [2.24, 2.45) is 5.92 Å². The number of aromatic nitrogens is 2. The molecule has 2 atom stereocenters. The second kappa shape index (κ2) is 4.63. The average Bonchev–Trinajstić information content (AvgIpc) is 2.94. The fraction of sp³-hybridized carbons (Fsp3) is 0.667. The van der Waals surface area contributed by atoms with E-state index >= 15 is 0 Å². The highest BCUT2D eigenvalue weighted by molar-refractivity contribution is 7.91. The maximum Gasteiger partial charge on any atom is 0.224 e. The normalized spacial score (nSPS) is 28.8. The maximum absolute atomic E-state index is 12.1. The second-order valence-corrected chi connectivity index (χ2v) is 7.57. The van der Waals surface area contributed by atoms with Crippen molar-refractivity contribution < 1.29 is 13.2 Å².